The van der Waals surface area contributed by atoms with Crippen molar-refractivity contribution in [3.05, 3.63) is 63.3 Å². The van der Waals surface area contributed by atoms with Gasteiger partial charge in [-0.05, 0) is 49.4 Å². The van der Waals surface area contributed by atoms with Gasteiger partial charge in [-0.3, -0.25) is 14.4 Å². The van der Waals surface area contributed by atoms with Crippen molar-refractivity contribution >= 4 is 61.7 Å². The van der Waals surface area contributed by atoms with Crippen LogP contribution in [0, 0.1) is 17.2 Å². The molecule has 0 fully saturated rings. The lowest BCUT2D eigenvalue weighted by Gasteiger charge is -2.08. The van der Waals surface area contributed by atoms with Crippen molar-refractivity contribution in [3.8, 4) is 6.07 Å². The van der Waals surface area contributed by atoms with Gasteiger partial charge in [0.1, 0.15) is 5.58 Å². The van der Waals surface area contributed by atoms with Crippen molar-refractivity contribution in [2.24, 2.45) is 5.92 Å². The number of anilines is 1. The van der Waals surface area contributed by atoms with Gasteiger partial charge in [0, 0.05) is 20.4 Å². The number of carbonyl (C=O) groups excluding carboxylic acids is 3. The first-order valence-electron chi connectivity index (χ1n) is 8.05. The number of carbonyl (C=O) groups is 3. The Labute approximate surface area is 173 Å². The molecule has 0 saturated carbocycles. The SMILES string of the molecule is CC(=O)C(C#N)C(=O)Nc1c(C(=O)c2ccc(Cl)cc2)oc2ccc(Br)cc12. The lowest BCUT2D eigenvalue weighted by atomic mass is 10.0. The third kappa shape index (κ3) is 3.84. The monoisotopic (exact) mass is 458 g/mol. The number of benzene rings is 2. The first-order valence-corrected chi connectivity index (χ1v) is 9.22. The quantitative estimate of drug-likeness (QED) is 0.438. The number of ketones is 2. The second-order valence-electron chi connectivity index (χ2n) is 5.94. The second kappa shape index (κ2) is 7.97. The minimum Gasteiger partial charge on any atom is -0.450 e. The minimum atomic E-state index is -1.49. The molecule has 0 bridgehead atoms. The van der Waals surface area contributed by atoms with Crippen molar-refractivity contribution in [2.75, 3.05) is 5.32 Å². The summed E-state index contributed by atoms with van der Waals surface area (Å²) >= 11 is 9.20. The molecule has 1 atom stereocenters. The van der Waals surface area contributed by atoms with Crippen LogP contribution in [-0.4, -0.2) is 17.5 Å². The highest BCUT2D eigenvalue weighted by Gasteiger charge is 2.28. The van der Waals surface area contributed by atoms with E-state index < -0.39 is 23.4 Å². The van der Waals surface area contributed by atoms with E-state index in [1.54, 1.807) is 36.4 Å². The van der Waals surface area contributed by atoms with Crippen molar-refractivity contribution in [1.82, 2.24) is 0 Å². The fourth-order valence-electron chi connectivity index (χ4n) is 2.62. The molecule has 1 unspecified atom stereocenters. The summed E-state index contributed by atoms with van der Waals surface area (Å²) in [6.45, 7) is 1.15. The van der Waals surface area contributed by atoms with Gasteiger partial charge in [-0.1, -0.05) is 27.5 Å². The van der Waals surface area contributed by atoms with Crippen molar-refractivity contribution in [2.45, 2.75) is 6.92 Å². The van der Waals surface area contributed by atoms with Gasteiger partial charge in [0.25, 0.3) is 0 Å². The van der Waals surface area contributed by atoms with Gasteiger partial charge in [-0.15, -0.1) is 0 Å². The van der Waals surface area contributed by atoms with Crippen LogP contribution in [0.3, 0.4) is 0 Å². The van der Waals surface area contributed by atoms with E-state index in [4.69, 9.17) is 21.3 Å². The predicted molar refractivity (Wildman–Crippen MR) is 107 cm³/mol. The number of fused-ring (bicyclic) bond motifs is 1. The van der Waals surface area contributed by atoms with Crippen LogP contribution in [0.5, 0.6) is 0 Å². The molecule has 6 nitrogen and oxygen atoms in total. The Kier molecular flexibility index (Phi) is 5.63. The zero-order valence-electron chi connectivity index (χ0n) is 14.5. The molecule has 140 valence electrons. The number of nitrogens with one attached hydrogen (secondary N) is 1. The summed E-state index contributed by atoms with van der Waals surface area (Å²) in [5.41, 5.74) is 0.774. The Morgan fingerprint density at radius 2 is 1.86 bits per heavy atom. The molecular weight excluding hydrogens is 448 g/mol. The zero-order chi connectivity index (χ0) is 20.4. The third-order valence-corrected chi connectivity index (χ3v) is 4.75. The Morgan fingerprint density at radius 3 is 2.46 bits per heavy atom. The highest BCUT2D eigenvalue weighted by Crippen LogP contribution is 2.35. The Balaban J connectivity index is 2.12. The normalized spacial score (nSPS) is 11.6. The van der Waals surface area contributed by atoms with E-state index in [-0.39, 0.29) is 11.4 Å². The maximum absolute atomic E-state index is 13.0. The van der Waals surface area contributed by atoms with Crippen LogP contribution in [-0.2, 0) is 9.59 Å². The molecule has 0 aliphatic carbocycles. The molecule has 3 aromatic rings. The van der Waals surface area contributed by atoms with Crippen LogP contribution < -0.4 is 5.32 Å². The van der Waals surface area contributed by atoms with Gasteiger partial charge >= 0.3 is 0 Å². The highest BCUT2D eigenvalue weighted by molar-refractivity contribution is 9.10. The molecule has 8 heteroatoms. The number of rotatable bonds is 5. The van der Waals surface area contributed by atoms with E-state index in [1.165, 1.54) is 12.1 Å². The minimum absolute atomic E-state index is 0.0998. The third-order valence-electron chi connectivity index (χ3n) is 4.01. The van der Waals surface area contributed by atoms with E-state index >= 15 is 0 Å². The molecule has 1 N–H and O–H groups in total. The number of amides is 1. The summed E-state index contributed by atoms with van der Waals surface area (Å²) in [5.74, 6) is -3.50. The average molecular weight is 460 g/mol. The maximum atomic E-state index is 13.0. The summed E-state index contributed by atoms with van der Waals surface area (Å²) in [5, 5.41) is 12.5. The molecule has 2 aromatic carbocycles. The molecule has 1 aromatic heterocycles. The molecule has 0 radical (unpaired) electrons. The Hall–Kier alpha value is -2.95. The van der Waals surface area contributed by atoms with Crippen LogP contribution in [0.4, 0.5) is 5.69 Å². The molecule has 1 heterocycles. The van der Waals surface area contributed by atoms with Crippen molar-refractivity contribution in [3.63, 3.8) is 0 Å². The zero-order valence-corrected chi connectivity index (χ0v) is 16.8. The Bertz CT molecular complexity index is 1150. The molecule has 0 spiro atoms. The second-order valence-corrected chi connectivity index (χ2v) is 7.30. The molecule has 3 rings (SSSR count). The lowest BCUT2D eigenvalue weighted by Crippen LogP contribution is -2.27. The summed E-state index contributed by atoms with van der Waals surface area (Å²) in [7, 11) is 0. The number of nitriles is 1. The molecule has 28 heavy (non-hydrogen) atoms. The molecular formula is C20H12BrClN2O4. The smallest absolute Gasteiger partial charge is 0.249 e. The van der Waals surface area contributed by atoms with Gasteiger partial charge in [0.2, 0.25) is 11.7 Å². The summed E-state index contributed by atoms with van der Waals surface area (Å²) in [6, 6.07) is 12.9. The molecule has 0 saturated heterocycles. The van der Waals surface area contributed by atoms with Gasteiger partial charge in [-0.2, -0.15) is 5.26 Å². The summed E-state index contributed by atoms with van der Waals surface area (Å²) in [4.78, 5) is 36.9. The number of nitrogens with zero attached hydrogens (tertiary/aromatic N) is 1. The Morgan fingerprint density at radius 1 is 1.18 bits per heavy atom. The lowest BCUT2D eigenvalue weighted by molar-refractivity contribution is -0.127. The largest absolute Gasteiger partial charge is 0.450 e. The standard InChI is InChI=1S/C20H12BrClN2O4/c1-10(25)15(9-23)20(27)24-17-14-8-12(21)4-7-16(14)28-19(17)18(26)11-2-5-13(22)6-3-11/h2-8,15H,1H3,(H,24,27). The van der Waals surface area contributed by atoms with E-state index in [0.717, 1.165) is 6.92 Å². The van der Waals surface area contributed by atoms with Gasteiger partial charge in [0.15, 0.2) is 17.5 Å². The van der Waals surface area contributed by atoms with E-state index in [1.807, 2.05) is 0 Å². The first-order chi connectivity index (χ1) is 13.3. The predicted octanol–water partition coefficient (Wildman–Crippen LogP) is 4.75. The highest BCUT2D eigenvalue weighted by atomic mass is 79.9. The molecule has 0 aliphatic heterocycles. The topological polar surface area (TPSA) is 100 Å². The fraction of sp³-hybridized carbons (Fsp3) is 0.100. The van der Waals surface area contributed by atoms with Crippen LogP contribution in [0.15, 0.2) is 51.4 Å². The van der Waals surface area contributed by atoms with Crippen LogP contribution in [0.2, 0.25) is 5.02 Å². The van der Waals surface area contributed by atoms with Crippen molar-refractivity contribution in [1.29, 1.82) is 5.26 Å². The van der Waals surface area contributed by atoms with E-state index in [0.29, 0.717) is 26.0 Å². The number of hydrogen-bond donors (Lipinski definition) is 1. The van der Waals surface area contributed by atoms with E-state index in [9.17, 15) is 14.4 Å². The van der Waals surface area contributed by atoms with Gasteiger partial charge < -0.3 is 9.73 Å². The van der Waals surface area contributed by atoms with Gasteiger partial charge in [-0.25, -0.2) is 0 Å². The van der Waals surface area contributed by atoms with Gasteiger partial charge in [0.05, 0.1) is 11.8 Å². The van der Waals surface area contributed by atoms with Crippen LogP contribution in [0.25, 0.3) is 11.0 Å². The van der Waals surface area contributed by atoms with Crippen molar-refractivity contribution < 1.29 is 18.8 Å². The molecule has 1 amide bonds. The van der Waals surface area contributed by atoms with Crippen LogP contribution in [0.1, 0.15) is 23.0 Å². The summed E-state index contributed by atoms with van der Waals surface area (Å²) < 4.78 is 6.39. The van der Waals surface area contributed by atoms with Crippen LogP contribution >= 0.6 is 27.5 Å². The number of Topliss-reactive ketones (excluding diaryl/α,β-unsaturated/α-hetero) is 1. The summed E-state index contributed by atoms with van der Waals surface area (Å²) in [6.07, 6.45) is 0. The molecule has 0 aliphatic rings. The number of halogens is 2. The fourth-order valence-corrected chi connectivity index (χ4v) is 3.10. The average Bonchev–Trinajstić information content (AvgIpc) is 2.99. The maximum Gasteiger partial charge on any atom is 0.249 e. The number of furan rings is 1. The first kappa shape index (κ1) is 19.8. The number of hydrogen-bond acceptors (Lipinski definition) is 5. The van der Waals surface area contributed by atoms with E-state index in [2.05, 4.69) is 21.2 Å².